The molecule has 156 valence electrons. The molecular weight excluding hydrogens is 318 g/mol. The quantitative estimate of drug-likeness (QED) is 0.165. The van der Waals surface area contributed by atoms with Crippen LogP contribution in [0.25, 0.3) is 0 Å². The van der Waals surface area contributed by atoms with Crippen molar-refractivity contribution in [1.82, 2.24) is 0 Å². The van der Waals surface area contributed by atoms with Gasteiger partial charge in [-0.2, -0.15) is 0 Å². The number of hydrogen-bond donors (Lipinski definition) is 2. The van der Waals surface area contributed by atoms with E-state index in [0.29, 0.717) is 6.54 Å². The van der Waals surface area contributed by atoms with Gasteiger partial charge in [-0.25, -0.2) is 0 Å². The third kappa shape index (κ3) is 21.7. The van der Waals surface area contributed by atoms with E-state index in [9.17, 15) is 5.11 Å². The minimum Gasteiger partial charge on any atom is -0.388 e. The highest BCUT2D eigenvalue weighted by atomic mass is 16.3. The van der Waals surface area contributed by atoms with Crippen LogP contribution in [0.1, 0.15) is 129 Å². The molecule has 0 aromatic heterocycles. The van der Waals surface area contributed by atoms with Crippen molar-refractivity contribution in [2.75, 3.05) is 6.54 Å². The van der Waals surface area contributed by atoms with Crippen LogP contribution >= 0.6 is 0 Å². The fraction of sp³-hybridized carbons (Fsp3) is 0.917. The molecule has 0 aromatic rings. The topological polar surface area (TPSA) is 46.2 Å². The number of unbranched alkanes of at least 4 members (excludes halogenated alkanes) is 18. The van der Waals surface area contributed by atoms with Gasteiger partial charge in [-0.15, -0.1) is 0 Å². The van der Waals surface area contributed by atoms with Gasteiger partial charge in [0.2, 0.25) is 0 Å². The molecule has 0 heterocycles. The number of rotatable bonds is 21. The first-order valence-electron chi connectivity index (χ1n) is 11.9. The zero-order chi connectivity index (χ0) is 19.1. The van der Waals surface area contributed by atoms with Crippen molar-refractivity contribution >= 4 is 0 Å². The fourth-order valence-electron chi connectivity index (χ4n) is 3.50. The predicted molar refractivity (Wildman–Crippen MR) is 118 cm³/mol. The lowest BCUT2D eigenvalue weighted by Crippen LogP contribution is -2.16. The minimum atomic E-state index is -0.453. The van der Waals surface area contributed by atoms with E-state index in [4.69, 9.17) is 5.73 Å². The summed E-state index contributed by atoms with van der Waals surface area (Å²) in [6, 6.07) is 0. The van der Waals surface area contributed by atoms with E-state index < -0.39 is 6.10 Å². The second-order valence-corrected chi connectivity index (χ2v) is 8.03. The molecule has 0 aliphatic heterocycles. The Morgan fingerprint density at radius 1 is 0.615 bits per heavy atom. The van der Waals surface area contributed by atoms with Crippen molar-refractivity contribution in [3.8, 4) is 0 Å². The van der Waals surface area contributed by atoms with Crippen molar-refractivity contribution < 1.29 is 5.11 Å². The lowest BCUT2D eigenvalue weighted by molar-refractivity contribution is 0.231. The Morgan fingerprint density at radius 3 is 1.31 bits per heavy atom. The summed E-state index contributed by atoms with van der Waals surface area (Å²) in [6.07, 6.45) is 30.1. The van der Waals surface area contributed by atoms with Gasteiger partial charge in [0.15, 0.2) is 0 Å². The molecule has 1 atom stereocenters. The summed E-state index contributed by atoms with van der Waals surface area (Å²) in [4.78, 5) is 0. The van der Waals surface area contributed by atoms with Crippen LogP contribution in [0.15, 0.2) is 12.2 Å². The fourth-order valence-corrected chi connectivity index (χ4v) is 3.50. The van der Waals surface area contributed by atoms with Gasteiger partial charge in [0.1, 0.15) is 0 Å². The first-order valence-corrected chi connectivity index (χ1v) is 11.9. The van der Waals surface area contributed by atoms with Gasteiger partial charge < -0.3 is 10.8 Å². The average Bonchev–Trinajstić information content (AvgIpc) is 2.66. The second kappa shape index (κ2) is 22.7. The summed E-state index contributed by atoms with van der Waals surface area (Å²) in [5.41, 5.74) is 5.36. The summed E-state index contributed by atoms with van der Waals surface area (Å²) in [5, 5.41) is 9.30. The Bertz CT molecular complexity index is 277. The van der Waals surface area contributed by atoms with Crippen molar-refractivity contribution in [3.63, 3.8) is 0 Å². The van der Waals surface area contributed by atoms with Crippen molar-refractivity contribution in [1.29, 1.82) is 0 Å². The maximum Gasteiger partial charge on any atom is 0.0843 e. The van der Waals surface area contributed by atoms with E-state index in [1.54, 1.807) is 0 Å². The molecule has 0 radical (unpaired) electrons. The largest absolute Gasteiger partial charge is 0.388 e. The molecule has 26 heavy (non-hydrogen) atoms. The highest BCUT2D eigenvalue weighted by Gasteiger charge is 1.95. The highest BCUT2D eigenvalue weighted by Crippen LogP contribution is 2.14. The van der Waals surface area contributed by atoms with Crippen LogP contribution in [-0.2, 0) is 0 Å². The Hall–Kier alpha value is -0.340. The molecule has 0 amide bonds. The van der Waals surface area contributed by atoms with Gasteiger partial charge in [-0.1, -0.05) is 128 Å². The van der Waals surface area contributed by atoms with Gasteiger partial charge >= 0.3 is 0 Å². The van der Waals surface area contributed by atoms with E-state index in [1.165, 1.54) is 116 Å². The molecule has 0 aromatic carbocycles. The summed E-state index contributed by atoms with van der Waals surface area (Å²) >= 11 is 0. The zero-order valence-corrected chi connectivity index (χ0v) is 17.9. The second-order valence-electron chi connectivity index (χ2n) is 8.03. The van der Waals surface area contributed by atoms with Gasteiger partial charge in [0, 0.05) is 6.54 Å². The van der Waals surface area contributed by atoms with Gasteiger partial charge in [-0.05, 0) is 12.8 Å². The SMILES string of the molecule is CCCCCCCCCCCCCCCCCCCCC=CC(O)CN. The number of aliphatic hydroxyl groups excluding tert-OH is 1. The molecule has 0 aliphatic carbocycles. The summed E-state index contributed by atoms with van der Waals surface area (Å²) in [6.45, 7) is 2.62. The van der Waals surface area contributed by atoms with Crippen LogP contribution < -0.4 is 5.73 Å². The monoisotopic (exact) mass is 367 g/mol. The highest BCUT2D eigenvalue weighted by molar-refractivity contribution is 4.88. The molecule has 0 aliphatic rings. The molecule has 0 rings (SSSR count). The molecule has 3 N–H and O–H groups in total. The zero-order valence-electron chi connectivity index (χ0n) is 17.9. The van der Waals surface area contributed by atoms with E-state index >= 15 is 0 Å². The van der Waals surface area contributed by atoms with Crippen molar-refractivity contribution in [2.45, 2.75) is 135 Å². The van der Waals surface area contributed by atoms with Gasteiger partial charge in [0.05, 0.1) is 6.10 Å². The predicted octanol–water partition coefficient (Wildman–Crippen LogP) is 7.29. The van der Waals surface area contributed by atoms with Crippen molar-refractivity contribution in [3.05, 3.63) is 12.2 Å². The molecular formula is C24H49NO. The van der Waals surface area contributed by atoms with E-state index in [1.807, 2.05) is 6.08 Å². The average molecular weight is 368 g/mol. The lowest BCUT2D eigenvalue weighted by atomic mass is 10.0. The third-order valence-corrected chi connectivity index (χ3v) is 5.32. The maximum absolute atomic E-state index is 9.30. The normalized spacial score (nSPS) is 12.9. The van der Waals surface area contributed by atoms with Gasteiger partial charge in [-0.3, -0.25) is 0 Å². The maximum atomic E-state index is 9.30. The molecule has 0 fully saturated rings. The molecule has 0 bridgehead atoms. The number of hydrogen-bond acceptors (Lipinski definition) is 2. The third-order valence-electron chi connectivity index (χ3n) is 5.32. The molecule has 2 heteroatoms. The van der Waals surface area contributed by atoms with Crippen LogP contribution in [0.5, 0.6) is 0 Å². The minimum absolute atomic E-state index is 0.329. The van der Waals surface area contributed by atoms with E-state index in [2.05, 4.69) is 13.0 Å². The number of allylic oxidation sites excluding steroid dienone is 1. The van der Waals surface area contributed by atoms with Crippen LogP contribution in [0.3, 0.4) is 0 Å². The van der Waals surface area contributed by atoms with Crippen molar-refractivity contribution in [2.24, 2.45) is 5.73 Å². The van der Waals surface area contributed by atoms with Crippen LogP contribution in [-0.4, -0.2) is 17.8 Å². The van der Waals surface area contributed by atoms with Crippen LogP contribution in [0.4, 0.5) is 0 Å². The van der Waals surface area contributed by atoms with Crippen LogP contribution in [0.2, 0.25) is 0 Å². The number of aliphatic hydroxyl groups is 1. The van der Waals surface area contributed by atoms with E-state index in [0.717, 1.165) is 6.42 Å². The first-order chi connectivity index (χ1) is 12.8. The Labute approximate surface area is 165 Å². The molecule has 0 saturated carbocycles. The number of nitrogens with two attached hydrogens (primary N) is 1. The molecule has 0 spiro atoms. The van der Waals surface area contributed by atoms with Gasteiger partial charge in [0.25, 0.3) is 0 Å². The molecule has 1 unspecified atom stereocenters. The Balaban J connectivity index is 3.04. The summed E-state index contributed by atoms with van der Waals surface area (Å²) in [7, 11) is 0. The Kier molecular flexibility index (Phi) is 22.4. The molecule has 2 nitrogen and oxygen atoms in total. The standard InChI is InChI=1S/C24H49NO/c1-2-3-4-5-6-7-8-9-10-11-12-13-14-15-16-17-18-19-20-21-22-24(26)23-25/h21-22,24,26H,2-20,23,25H2,1H3. The first kappa shape index (κ1) is 25.7. The summed E-state index contributed by atoms with van der Waals surface area (Å²) in [5.74, 6) is 0. The lowest BCUT2D eigenvalue weighted by Gasteiger charge is -2.03. The summed E-state index contributed by atoms with van der Waals surface area (Å²) < 4.78 is 0. The van der Waals surface area contributed by atoms with Crippen LogP contribution in [0, 0.1) is 0 Å². The van der Waals surface area contributed by atoms with E-state index in [-0.39, 0.29) is 0 Å². The smallest absolute Gasteiger partial charge is 0.0843 e. The molecule has 0 saturated heterocycles. The Morgan fingerprint density at radius 2 is 0.962 bits per heavy atom.